The van der Waals surface area contributed by atoms with E-state index in [1.165, 1.54) is 11.3 Å². The zero-order valence-electron chi connectivity index (χ0n) is 11.0. The fraction of sp³-hybridized carbons (Fsp3) is 0.357. The van der Waals surface area contributed by atoms with Crippen molar-refractivity contribution in [1.82, 2.24) is 10.2 Å². The molecule has 0 radical (unpaired) electrons. The molecule has 0 saturated carbocycles. The summed E-state index contributed by atoms with van der Waals surface area (Å²) in [7, 11) is 0. The summed E-state index contributed by atoms with van der Waals surface area (Å²) in [6.07, 6.45) is 0. The van der Waals surface area contributed by atoms with Crippen molar-refractivity contribution in [3.63, 3.8) is 0 Å². The van der Waals surface area contributed by atoms with Gasteiger partial charge in [0.25, 0.3) is 0 Å². The predicted octanol–water partition coefficient (Wildman–Crippen LogP) is 1.80. The molecule has 5 nitrogen and oxygen atoms in total. The first-order valence-corrected chi connectivity index (χ1v) is 6.48. The van der Waals surface area contributed by atoms with Crippen molar-refractivity contribution < 1.29 is 4.74 Å². The van der Waals surface area contributed by atoms with Gasteiger partial charge >= 0.3 is 0 Å². The van der Waals surface area contributed by atoms with E-state index < -0.39 is 0 Å². The Bertz CT molecular complexity index is 573. The van der Waals surface area contributed by atoms with Crippen LogP contribution in [0.3, 0.4) is 0 Å². The molecule has 1 aromatic carbocycles. The smallest absolute Gasteiger partial charge is 0.145 e. The lowest BCUT2D eigenvalue weighted by Crippen LogP contribution is -2.36. The largest absolute Gasteiger partial charge is 0.382 e. The van der Waals surface area contributed by atoms with Gasteiger partial charge in [-0.15, -0.1) is 0 Å². The van der Waals surface area contributed by atoms with Crippen molar-refractivity contribution in [3.8, 4) is 11.3 Å². The van der Waals surface area contributed by atoms with Gasteiger partial charge in [-0.05, 0) is 19.1 Å². The Labute approximate surface area is 112 Å². The molecule has 19 heavy (non-hydrogen) atoms. The Morgan fingerprint density at radius 3 is 2.74 bits per heavy atom. The van der Waals surface area contributed by atoms with Crippen molar-refractivity contribution in [3.05, 3.63) is 29.8 Å². The van der Waals surface area contributed by atoms with E-state index in [4.69, 9.17) is 10.5 Å². The Morgan fingerprint density at radius 2 is 2.05 bits per heavy atom. The van der Waals surface area contributed by atoms with Crippen molar-refractivity contribution >= 4 is 11.5 Å². The van der Waals surface area contributed by atoms with E-state index in [2.05, 4.69) is 40.2 Å². The Balaban J connectivity index is 2.03. The van der Waals surface area contributed by atoms with Crippen LogP contribution in [0.25, 0.3) is 11.3 Å². The molecule has 3 N–H and O–H groups in total. The van der Waals surface area contributed by atoms with Crippen molar-refractivity contribution in [1.29, 1.82) is 0 Å². The number of hydrogen-bond donors (Lipinski definition) is 2. The summed E-state index contributed by atoms with van der Waals surface area (Å²) < 4.78 is 5.41. The minimum Gasteiger partial charge on any atom is -0.382 e. The number of benzene rings is 1. The number of anilines is 2. The molecule has 2 heterocycles. The first-order chi connectivity index (χ1) is 9.24. The third kappa shape index (κ3) is 2.42. The monoisotopic (exact) mass is 258 g/mol. The third-order valence-corrected chi connectivity index (χ3v) is 3.39. The third-order valence-electron chi connectivity index (χ3n) is 3.39. The number of rotatable bonds is 2. The van der Waals surface area contributed by atoms with Gasteiger partial charge in [-0.25, -0.2) is 0 Å². The highest BCUT2D eigenvalue weighted by Gasteiger charge is 2.16. The molecule has 0 unspecified atom stereocenters. The molecule has 0 spiro atoms. The number of nitrogens with two attached hydrogens (primary N) is 1. The summed E-state index contributed by atoms with van der Waals surface area (Å²) >= 11 is 0. The molecule has 0 amide bonds. The Hall–Kier alpha value is -2.01. The lowest BCUT2D eigenvalue weighted by atomic mass is 10.0. The number of H-pyrrole nitrogens is 1. The predicted molar refractivity (Wildman–Crippen MR) is 76.2 cm³/mol. The number of morpholine rings is 1. The molecule has 1 aliphatic heterocycles. The molecule has 0 aliphatic carbocycles. The van der Waals surface area contributed by atoms with E-state index in [9.17, 15) is 0 Å². The quantitative estimate of drug-likeness (QED) is 0.862. The molecule has 2 aromatic rings. The highest BCUT2D eigenvalue weighted by molar-refractivity contribution is 5.78. The average Bonchev–Trinajstić information content (AvgIpc) is 2.86. The van der Waals surface area contributed by atoms with E-state index in [1.54, 1.807) is 0 Å². The average molecular weight is 258 g/mol. The number of nitrogen functional groups attached to an aromatic ring is 1. The van der Waals surface area contributed by atoms with Gasteiger partial charge in [-0.3, -0.25) is 5.10 Å². The zero-order chi connectivity index (χ0) is 13.2. The van der Waals surface area contributed by atoms with Crippen LogP contribution in [-0.2, 0) is 4.74 Å². The van der Waals surface area contributed by atoms with Crippen LogP contribution < -0.4 is 10.6 Å². The molecular formula is C14H18N4O. The van der Waals surface area contributed by atoms with Gasteiger partial charge in [0.2, 0.25) is 0 Å². The number of hydrogen-bond acceptors (Lipinski definition) is 4. The summed E-state index contributed by atoms with van der Waals surface area (Å²) in [6, 6.07) is 8.33. The number of aryl methyl sites for hydroxylation is 1. The van der Waals surface area contributed by atoms with Crippen LogP contribution in [0.4, 0.5) is 11.5 Å². The van der Waals surface area contributed by atoms with Crippen LogP contribution in [-0.4, -0.2) is 36.5 Å². The summed E-state index contributed by atoms with van der Waals surface area (Å²) in [6.45, 7) is 5.47. The van der Waals surface area contributed by atoms with Crippen molar-refractivity contribution in [2.24, 2.45) is 0 Å². The number of nitrogens with one attached hydrogen (secondary N) is 1. The Morgan fingerprint density at radius 1 is 1.26 bits per heavy atom. The minimum atomic E-state index is 0.518. The maximum Gasteiger partial charge on any atom is 0.145 e. The van der Waals surface area contributed by atoms with Crippen molar-refractivity contribution in [2.45, 2.75) is 6.92 Å². The number of aromatic amines is 1. The van der Waals surface area contributed by atoms with Gasteiger partial charge in [0.1, 0.15) is 5.82 Å². The van der Waals surface area contributed by atoms with Crippen LogP contribution >= 0.6 is 0 Å². The lowest BCUT2D eigenvalue weighted by molar-refractivity contribution is 0.123. The summed E-state index contributed by atoms with van der Waals surface area (Å²) in [5.74, 6) is 0.518. The second-order valence-corrected chi connectivity index (χ2v) is 4.83. The van der Waals surface area contributed by atoms with E-state index in [-0.39, 0.29) is 0 Å². The maximum absolute atomic E-state index is 5.71. The molecule has 1 aromatic heterocycles. The van der Waals surface area contributed by atoms with Gasteiger partial charge in [0.05, 0.1) is 18.9 Å². The second kappa shape index (κ2) is 4.93. The molecule has 100 valence electrons. The van der Waals surface area contributed by atoms with Crippen LogP contribution in [0.2, 0.25) is 0 Å². The highest BCUT2D eigenvalue weighted by Crippen LogP contribution is 2.31. The molecule has 5 heteroatoms. The molecule has 1 aliphatic rings. The molecule has 0 bridgehead atoms. The van der Waals surface area contributed by atoms with Crippen LogP contribution in [0.1, 0.15) is 5.56 Å². The first-order valence-electron chi connectivity index (χ1n) is 6.48. The van der Waals surface area contributed by atoms with Gasteiger partial charge < -0.3 is 15.4 Å². The topological polar surface area (TPSA) is 67.2 Å². The second-order valence-electron chi connectivity index (χ2n) is 4.83. The standard InChI is InChI=1S/C14H18N4O/c1-10-2-3-13(18-4-6-19-7-5-18)11(8-10)12-9-14(15)17-16-12/h2-3,8-9H,4-7H2,1H3,(H3,15,16,17). The maximum atomic E-state index is 5.71. The normalized spacial score (nSPS) is 15.7. The number of aromatic nitrogens is 2. The van der Waals surface area contributed by atoms with E-state index in [0.29, 0.717) is 5.82 Å². The molecular weight excluding hydrogens is 240 g/mol. The minimum absolute atomic E-state index is 0.518. The summed E-state index contributed by atoms with van der Waals surface area (Å²) in [4.78, 5) is 2.34. The fourth-order valence-corrected chi connectivity index (χ4v) is 2.42. The lowest BCUT2D eigenvalue weighted by Gasteiger charge is -2.30. The van der Waals surface area contributed by atoms with E-state index in [1.807, 2.05) is 6.07 Å². The number of nitrogens with zero attached hydrogens (tertiary/aromatic N) is 2. The SMILES string of the molecule is Cc1ccc(N2CCOCC2)c(-c2cc(N)n[nH]2)c1. The van der Waals surface area contributed by atoms with E-state index in [0.717, 1.165) is 37.6 Å². The highest BCUT2D eigenvalue weighted by atomic mass is 16.5. The van der Waals surface area contributed by atoms with Crippen LogP contribution in [0, 0.1) is 6.92 Å². The zero-order valence-corrected chi connectivity index (χ0v) is 11.0. The van der Waals surface area contributed by atoms with Crippen LogP contribution in [0.15, 0.2) is 24.3 Å². The molecule has 0 atom stereocenters. The summed E-state index contributed by atoms with van der Waals surface area (Å²) in [5, 5.41) is 7.01. The molecule has 3 rings (SSSR count). The van der Waals surface area contributed by atoms with Crippen molar-refractivity contribution in [2.75, 3.05) is 36.9 Å². The van der Waals surface area contributed by atoms with Gasteiger partial charge in [0, 0.05) is 30.4 Å². The first kappa shape index (κ1) is 12.0. The number of ether oxygens (including phenoxy) is 1. The van der Waals surface area contributed by atoms with Crippen LogP contribution in [0.5, 0.6) is 0 Å². The molecule has 1 fully saturated rings. The van der Waals surface area contributed by atoms with Gasteiger partial charge in [-0.1, -0.05) is 11.6 Å². The van der Waals surface area contributed by atoms with Gasteiger partial charge in [0.15, 0.2) is 0 Å². The Kier molecular flexibility index (Phi) is 3.13. The van der Waals surface area contributed by atoms with Gasteiger partial charge in [-0.2, -0.15) is 5.10 Å². The fourth-order valence-electron chi connectivity index (χ4n) is 2.42. The molecule has 1 saturated heterocycles. The summed E-state index contributed by atoms with van der Waals surface area (Å²) in [5.41, 5.74) is 10.2. The van der Waals surface area contributed by atoms with E-state index >= 15 is 0 Å².